The highest BCUT2D eigenvalue weighted by molar-refractivity contribution is 5.33. The first-order valence-corrected chi connectivity index (χ1v) is 6.43. The molecular formula is C15H23NO2. The van der Waals surface area contributed by atoms with Crippen LogP contribution in [0.25, 0.3) is 0 Å². The van der Waals surface area contributed by atoms with Crippen LogP contribution in [0.15, 0.2) is 36.9 Å². The molecule has 1 rings (SSSR count). The van der Waals surface area contributed by atoms with Crippen molar-refractivity contribution in [1.29, 1.82) is 0 Å². The van der Waals surface area contributed by atoms with Crippen LogP contribution in [-0.4, -0.2) is 24.4 Å². The number of benzene rings is 1. The lowest BCUT2D eigenvalue weighted by atomic mass is 10.1. The second-order valence-electron chi connectivity index (χ2n) is 4.36. The van der Waals surface area contributed by atoms with Crippen molar-refractivity contribution < 1.29 is 9.84 Å². The Hall–Kier alpha value is -1.32. The summed E-state index contributed by atoms with van der Waals surface area (Å²) in [5, 5.41) is 12.2. The molecule has 0 saturated heterocycles. The van der Waals surface area contributed by atoms with E-state index < -0.39 is 0 Å². The number of nitrogens with one attached hydrogen (secondary N) is 1. The van der Waals surface area contributed by atoms with E-state index in [0.29, 0.717) is 12.6 Å². The molecule has 1 unspecified atom stereocenters. The Morgan fingerprint density at radius 2 is 2.22 bits per heavy atom. The molecule has 0 saturated carbocycles. The second-order valence-corrected chi connectivity index (χ2v) is 4.36. The van der Waals surface area contributed by atoms with Crippen LogP contribution in [-0.2, 0) is 6.54 Å². The van der Waals surface area contributed by atoms with E-state index in [2.05, 4.69) is 24.9 Å². The van der Waals surface area contributed by atoms with Crippen LogP contribution in [0, 0.1) is 0 Å². The van der Waals surface area contributed by atoms with Crippen molar-refractivity contribution >= 4 is 0 Å². The van der Waals surface area contributed by atoms with Gasteiger partial charge in [0, 0.05) is 24.8 Å². The molecule has 0 bridgehead atoms. The van der Waals surface area contributed by atoms with Crippen molar-refractivity contribution in [1.82, 2.24) is 5.32 Å². The molecule has 1 aromatic rings. The molecule has 1 aromatic carbocycles. The summed E-state index contributed by atoms with van der Waals surface area (Å²) in [6, 6.07) is 8.40. The number of hydrogen-bond acceptors (Lipinski definition) is 3. The molecule has 100 valence electrons. The van der Waals surface area contributed by atoms with Gasteiger partial charge in [-0.05, 0) is 25.8 Å². The quantitative estimate of drug-likeness (QED) is 0.661. The van der Waals surface area contributed by atoms with Gasteiger partial charge >= 0.3 is 0 Å². The van der Waals surface area contributed by atoms with Crippen molar-refractivity contribution in [3.05, 3.63) is 42.5 Å². The van der Waals surface area contributed by atoms with Gasteiger partial charge in [-0.2, -0.15) is 0 Å². The Balaban J connectivity index is 2.47. The minimum Gasteiger partial charge on any atom is -0.489 e. The fourth-order valence-electron chi connectivity index (χ4n) is 1.72. The Labute approximate surface area is 109 Å². The number of hydrogen-bond donors (Lipinski definition) is 2. The predicted octanol–water partition coefficient (Wildman–Crippen LogP) is 2.50. The van der Waals surface area contributed by atoms with E-state index in [1.54, 1.807) is 6.08 Å². The Kier molecular flexibility index (Phi) is 7.14. The minimum absolute atomic E-state index is 0.255. The van der Waals surface area contributed by atoms with Crippen LogP contribution in [0.2, 0.25) is 0 Å². The third-order valence-electron chi connectivity index (χ3n) is 2.77. The molecule has 1 atom stereocenters. The van der Waals surface area contributed by atoms with Gasteiger partial charge in [-0.15, -0.1) is 0 Å². The molecule has 0 heterocycles. The van der Waals surface area contributed by atoms with Crippen LogP contribution < -0.4 is 10.1 Å². The average Bonchev–Trinajstić information content (AvgIpc) is 2.41. The van der Waals surface area contributed by atoms with Crippen LogP contribution in [0.4, 0.5) is 0 Å². The van der Waals surface area contributed by atoms with Gasteiger partial charge in [-0.25, -0.2) is 0 Å². The number of para-hydroxylation sites is 1. The van der Waals surface area contributed by atoms with Gasteiger partial charge in [0.05, 0.1) is 0 Å². The predicted molar refractivity (Wildman–Crippen MR) is 74.8 cm³/mol. The number of aliphatic hydroxyl groups is 1. The Bertz CT molecular complexity index is 352. The van der Waals surface area contributed by atoms with Gasteiger partial charge in [-0.1, -0.05) is 30.9 Å². The van der Waals surface area contributed by atoms with Gasteiger partial charge in [0.25, 0.3) is 0 Å². The van der Waals surface area contributed by atoms with Crippen LogP contribution in [0.3, 0.4) is 0 Å². The summed E-state index contributed by atoms with van der Waals surface area (Å²) in [5.41, 5.74) is 1.15. The van der Waals surface area contributed by atoms with Crippen LogP contribution in [0.5, 0.6) is 5.75 Å². The van der Waals surface area contributed by atoms with E-state index in [0.717, 1.165) is 30.7 Å². The molecule has 3 heteroatoms. The smallest absolute Gasteiger partial charge is 0.124 e. The third-order valence-corrected chi connectivity index (χ3v) is 2.77. The average molecular weight is 249 g/mol. The molecule has 0 spiro atoms. The molecule has 0 aromatic heterocycles. The molecule has 0 aliphatic rings. The van der Waals surface area contributed by atoms with Crippen molar-refractivity contribution in [2.75, 3.05) is 13.2 Å². The van der Waals surface area contributed by atoms with E-state index in [1.807, 2.05) is 18.2 Å². The molecule has 0 fully saturated rings. The highest BCUT2D eigenvalue weighted by Gasteiger charge is 2.05. The lowest BCUT2D eigenvalue weighted by Gasteiger charge is -2.15. The topological polar surface area (TPSA) is 41.5 Å². The highest BCUT2D eigenvalue weighted by Crippen LogP contribution is 2.18. The fourth-order valence-corrected chi connectivity index (χ4v) is 1.72. The fraction of sp³-hybridized carbons (Fsp3) is 0.467. The van der Waals surface area contributed by atoms with Gasteiger partial charge < -0.3 is 15.2 Å². The summed E-state index contributed by atoms with van der Waals surface area (Å²) >= 11 is 0. The number of aliphatic hydroxyl groups excluding tert-OH is 1. The van der Waals surface area contributed by atoms with Gasteiger partial charge in [0.15, 0.2) is 0 Å². The molecule has 3 nitrogen and oxygen atoms in total. The lowest BCUT2D eigenvalue weighted by Crippen LogP contribution is -2.25. The number of ether oxygens (including phenoxy) is 1. The van der Waals surface area contributed by atoms with Crippen molar-refractivity contribution in [2.45, 2.75) is 32.4 Å². The van der Waals surface area contributed by atoms with E-state index >= 15 is 0 Å². The first-order chi connectivity index (χ1) is 8.77. The van der Waals surface area contributed by atoms with Crippen molar-refractivity contribution in [2.24, 2.45) is 0 Å². The molecule has 0 amide bonds. The van der Waals surface area contributed by atoms with Crippen LogP contribution in [0.1, 0.15) is 25.3 Å². The normalized spacial score (nSPS) is 12.1. The lowest BCUT2D eigenvalue weighted by molar-refractivity contribution is 0.276. The van der Waals surface area contributed by atoms with Gasteiger partial charge in [0.2, 0.25) is 0 Å². The summed E-state index contributed by atoms with van der Waals surface area (Å²) in [4.78, 5) is 0. The van der Waals surface area contributed by atoms with E-state index in [4.69, 9.17) is 9.84 Å². The van der Waals surface area contributed by atoms with E-state index in [9.17, 15) is 0 Å². The maximum atomic E-state index is 8.78. The zero-order chi connectivity index (χ0) is 13.2. The Morgan fingerprint density at radius 3 is 2.94 bits per heavy atom. The minimum atomic E-state index is 0.255. The molecule has 0 aliphatic heterocycles. The monoisotopic (exact) mass is 249 g/mol. The largest absolute Gasteiger partial charge is 0.489 e. The maximum Gasteiger partial charge on any atom is 0.124 e. The summed E-state index contributed by atoms with van der Waals surface area (Å²) in [7, 11) is 0. The van der Waals surface area contributed by atoms with Gasteiger partial charge in [-0.3, -0.25) is 0 Å². The van der Waals surface area contributed by atoms with E-state index in [1.165, 1.54) is 0 Å². The maximum absolute atomic E-state index is 8.78. The highest BCUT2D eigenvalue weighted by atomic mass is 16.5. The van der Waals surface area contributed by atoms with Crippen LogP contribution >= 0.6 is 0 Å². The second kappa shape index (κ2) is 8.72. The summed E-state index contributed by atoms with van der Waals surface area (Å²) in [6.07, 6.45) is 3.56. The van der Waals surface area contributed by atoms with Crippen molar-refractivity contribution in [3.63, 3.8) is 0 Å². The molecule has 0 radical (unpaired) electrons. The molecule has 0 aliphatic carbocycles. The first kappa shape index (κ1) is 14.7. The zero-order valence-corrected chi connectivity index (χ0v) is 11.1. The summed E-state index contributed by atoms with van der Waals surface area (Å²) < 4.78 is 5.60. The third kappa shape index (κ3) is 5.34. The van der Waals surface area contributed by atoms with E-state index in [-0.39, 0.29) is 6.61 Å². The standard InChI is InChI=1S/C15H23NO2/c1-3-11-18-15-9-5-4-8-14(15)12-16-13(2)7-6-10-17/h3-5,8-9,13,16-17H,1,6-7,10-12H2,2H3. The SMILES string of the molecule is C=CCOc1ccccc1CNC(C)CCCO. The Morgan fingerprint density at radius 1 is 1.44 bits per heavy atom. The zero-order valence-electron chi connectivity index (χ0n) is 11.1. The summed E-state index contributed by atoms with van der Waals surface area (Å²) in [5.74, 6) is 0.902. The molecular weight excluding hydrogens is 226 g/mol. The summed E-state index contributed by atoms with van der Waals surface area (Å²) in [6.45, 7) is 7.33. The van der Waals surface area contributed by atoms with Crippen molar-refractivity contribution in [3.8, 4) is 5.75 Å². The number of rotatable bonds is 9. The van der Waals surface area contributed by atoms with Gasteiger partial charge in [0.1, 0.15) is 12.4 Å². The molecule has 18 heavy (non-hydrogen) atoms. The molecule has 2 N–H and O–H groups in total. The first-order valence-electron chi connectivity index (χ1n) is 6.43.